The van der Waals surface area contributed by atoms with Crippen molar-refractivity contribution in [3.8, 4) is 0 Å². The Labute approximate surface area is 186 Å². The minimum absolute atomic E-state index is 0.231. The molecule has 0 atom stereocenters. The molecule has 0 aliphatic heterocycles. The molecule has 7 heteroatoms. The van der Waals surface area contributed by atoms with Crippen molar-refractivity contribution in [2.45, 2.75) is 11.9 Å². The van der Waals surface area contributed by atoms with Gasteiger partial charge in [-0.15, -0.1) is 11.8 Å². The zero-order chi connectivity index (χ0) is 21.7. The largest absolute Gasteiger partial charge is 0.416 e. The average Bonchev–Trinajstić information content (AvgIpc) is 2.72. The lowest BCUT2D eigenvalue weighted by molar-refractivity contribution is -0.137. The molecular weight excluding hydrogens is 452 g/mol. The average molecular weight is 467 g/mol. The van der Waals surface area contributed by atoms with E-state index < -0.39 is 11.7 Å². The minimum Gasteiger partial charge on any atom is -0.288 e. The summed E-state index contributed by atoms with van der Waals surface area (Å²) < 4.78 is 38.4. The number of halogens is 5. The summed E-state index contributed by atoms with van der Waals surface area (Å²) >= 11 is 13.1. The van der Waals surface area contributed by atoms with Gasteiger partial charge in [-0.3, -0.25) is 4.79 Å². The lowest BCUT2D eigenvalue weighted by Crippen LogP contribution is -2.04. The van der Waals surface area contributed by atoms with Crippen molar-refractivity contribution in [3.05, 3.63) is 110 Å². The van der Waals surface area contributed by atoms with E-state index in [1.165, 1.54) is 23.9 Å². The van der Waals surface area contributed by atoms with Crippen LogP contribution in [-0.2, 0) is 11.9 Å². The fourth-order valence-corrected chi connectivity index (χ4v) is 3.81. The monoisotopic (exact) mass is 466 g/mol. The summed E-state index contributed by atoms with van der Waals surface area (Å²) in [5.41, 5.74) is 1.18. The zero-order valence-corrected chi connectivity index (χ0v) is 17.7. The Morgan fingerprint density at radius 2 is 1.37 bits per heavy atom. The van der Waals surface area contributed by atoms with Crippen LogP contribution < -0.4 is 0 Å². The van der Waals surface area contributed by atoms with Gasteiger partial charge in [0.1, 0.15) is 0 Å². The summed E-state index contributed by atoms with van der Waals surface area (Å²) in [7, 11) is 0. The molecule has 0 spiro atoms. The van der Waals surface area contributed by atoms with E-state index in [0.29, 0.717) is 31.8 Å². The number of carbonyl (C=O) groups is 1. The molecule has 3 aromatic rings. The van der Waals surface area contributed by atoms with Crippen LogP contribution in [0.5, 0.6) is 0 Å². The van der Waals surface area contributed by atoms with Crippen LogP contribution in [0.1, 0.15) is 27.0 Å². The number of allylic oxidation sites excluding steroid dienone is 1. The number of hydrogen-bond acceptors (Lipinski definition) is 2. The molecule has 3 rings (SSSR count). The number of rotatable bonds is 6. The molecule has 0 radical (unpaired) electrons. The molecule has 0 fully saturated rings. The van der Waals surface area contributed by atoms with Gasteiger partial charge in [-0.05, 0) is 65.7 Å². The highest BCUT2D eigenvalue weighted by Gasteiger charge is 2.29. The van der Waals surface area contributed by atoms with Gasteiger partial charge in [-0.2, -0.15) is 13.2 Å². The molecule has 0 saturated heterocycles. The highest BCUT2D eigenvalue weighted by Crippen LogP contribution is 2.31. The van der Waals surface area contributed by atoms with Gasteiger partial charge in [0.2, 0.25) is 0 Å². The first kappa shape index (κ1) is 22.5. The van der Waals surface area contributed by atoms with Crippen LogP contribution in [-0.4, -0.2) is 5.78 Å². The van der Waals surface area contributed by atoms with Gasteiger partial charge < -0.3 is 0 Å². The molecule has 0 saturated carbocycles. The highest BCUT2D eigenvalue weighted by molar-refractivity contribution is 8.03. The molecule has 30 heavy (non-hydrogen) atoms. The summed E-state index contributed by atoms with van der Waals surface area (Å²) in [6.45, 7) is 0. The second-order valence-corrected chi connectivity index (χ2v) is 8.27. The molecule has 0 bridgehead atoms. The first-order valence-corrected chi connectivity index (χ1v) is 10.5. The lowest BCUT2D eigenvalue weighted by atomic mass is 10.1. The van der Waals surface area contributed by atoms with E-state index in [4.69, 9.17) is 23.2 Å². The smallest absolute Gasteiger partial charge is 0.288 e. The van der Waals surface area contributed by atoms with Crippen molar-refractivity contribution in [2.75, 3.05) is 0 Å². The van der Waals surface area contributed by atoms with E-state index >= 15 is 0 Å². The van der Waals surface area contributed by atoms with Gasteiger partial charge in [-0.25, -0.2) is 0 Å². The lowest BCUT2D eigenvalue weighted by Gasteiger charge is -2.09. The normalized spacial score (nSPS) is 12.1. The summed E-state index contributed by atoms with van der Waals surface area (Å²) in [5, 5.41) is 1.12. The number of ketones is 1. The maximum atomic E-state index is 13.0. The summed E-state index contributed by atoms with van der Waals surface area (Å²) in [4.78, 5) is 13.4. The van der Waals surface area contributed by atoms with E-state index in [1.807, 2.05) is 12.1 Å². The molecule has 0 N–H and O–H groups in total. The summed E-state index contributed by atoms with van der Waals surface area (Å²) in [5.74, 6) is 0.272. The maximum Gasteiger partial charge on any atom is 0.416 e. The molecule has 1 nitrogen and oxygen atoms in total. The standard InChI is InChI=1S/C23H15Cl2F3OS/c24-19-9-3-16(4-10-19)14-30-21(22(29)17-5-11-20(25)12-6-17)13-15-1-7-18(8-2-15)23(26,27)28/h1-13H,14H2. The molecule has 154 valence electrons. The molecule has 0 unspecified atom stereocenters. The minimum atomic E-state index is -4.41. The van der Waals surface area contributed by atoms with Gasteiger partial charge >= 0.3 is 6.18 Å². The van der Waals surface area contributed by atoms with Crippen LogP contribution in [0.25, 0.3) is 6.08 Å². The number of Topliss-reactive ketones (excluding diaryl/α,β-unsaturated/α-hetero) is 1. The first-order chi connectivity index (χ1) is 14.2. The second-order valence-electron chi connectivity index (χ2n) is 6.38. The van der Waals surface area contributed by atoms with E-state index in [0.717, 1.165) is 17.7 Å². The quantitative estimate of drug-likeness (QED) is 0.269. The second kappa shape index (κ2) is 9.73. The van der Waals surface area contributed by atoms with Gasteiger partial charge in [0.15, 0.2) is 5.78 Å². The Morgan fingerprint density at radius 3 is 1.90 bits per heavy atom. The van der Waals surface area contributed by atoms with Crippen molar-refractivity contribution in [3.63, 3.8) is 0 Å². The van der Waals surface area contributed by atoms with E-state index in [2.05, 4.69) is 0 Å². The van der Waals surface area contributed by atoms with Crippen LogP contribution >= 0.6 is 35.0 Å². The van der Waals surface area contributed by atoms with Crippen LogP contribution in [0.15, 0.2) is 77.7 Å². The van der Waals surface area contributed by atoms with Crippen LogP contribution in [0.4, 0.5) is 13.2 Å². The van der Waals surface area contributed by atoms with Gasteiger partial charge in [-0.1, -0.05) is 47.5 Å². The van der Waals surface area contributed by atoms with Crippen molar-refractivity contribution in [2.24, 2.45) is 0 Å². The third-order valence-electron chi connectivity index (χ3n) is 4.17. The van der Waals surface area contributed by atoms with E-state index in [1.54, 1.807) is 42.5 Å². The first-order valence-electron chi connectivity index (χ1n) is 8.79. The molecule has 0 aliphatic rings. The molecule has 3 aromatic carbocycles. The molecular formula is C23H15Cl2F3OS. The number of carbonyl (C=O) groups excluding carboxylic acids is 1. The fourth-order valence-electron chi connectivity index (χ4n) is 2.58. The Morgan fingerprint density at radius 1 is 0.833 bits per heavy atom. The predicted molar refractivity (Wildman–Crippen MR) is 118 cm³/mol. The maximum absolute atomic E-state index is 13.0. The summed E-state index contributed by atoms with van der Waals surface area (Å²) in [6.07, 6.45) is -2.81. The number of thioether (sulfide) groups is 1. The SMILES string of the molecule is O=C(C(=Cc1ccc(C(F)(F)F)cc1)SCc1ccc(Cl)cc1)c1ccc(Cl)cc1. The molecule has 0 aliphatic carbocycles. The Bertz CT molecular complexity index is 1040. The van der Waals surface area contributed by atoms with Crippen LogP contribution in [0, 0.1) is 0 Å². The number of benzene rings is 3. The molecule has 0 heterocycles. The van der Waals surface area contributed by atoms with Gasteiger partial charge in [0.05, 0.1) is 10.5 Å². The van der Waals surface area contributed by atoms with E-state index in [9.17, 15) is 18.0 Å². The zero-order valence-electron chi connectivity index (χ0n) is 15.4. The fraction of sp³-hybridized carbons (Fsp3) is 0.0870. The number of hydrogen-bond donors (Lipinski definition) is 0. The molecule has 0 amide bonds. The highest BCUT2D eigenvalue weighted by atomic mass is 35.5. The van der Waals surface area contributed by atoms with Crippen molar-refractivity contribution in [1.29, 1.82) is 0 Å². The Balaban J connectivity index is 1.89. The molecule has 0 aromatic heterocycles. The van der Waals surface area contributed by atoms with Crippen molar-refractivity contribution < 1.29 is 18.0 Å². The van der Waals surface area contributed by atoms with E-state index in [-0.39, 0.29) is 5.78 Å². The third-order valence-corrected chi connectivity index (χ3v) is 5.77. The van der Waals surface area contributed by atoms with Gasteiger partial charge in [0.25, 0.3) is 0 Å². The Kier molecular flexibility index (Phi) is 7.29. The Hall–Kier alpha value is -2.21. The van der Waals surface area contributed by atoms with Crippen molar-refractivity contribution >= 4 is 46.8 Å². The number of alkyl halides is 3. The predicted octanol–water partition coefficient (Wildman–Crippen LogP) is 8.17. The van der Waals surface area contributed by atoms with Crippen LogP contribution in [0.3, 0.4) is 0 Å². The van der Waals surface area contributed by atoms with Gasteiger partial charge in [0, 0.05) is 21.4 Å². The third kappa shape index (κ3) is 6.14. The topological polar surface area (TPSA) is 17.1 Å². The summed E-state index contributed by atoms with van der Waals surface area (Å²) in [6, 6.07) is 18.4. The van der Waals surface area contributed by atoms with Crippen LogP contribution in [0.2, 0.25) is 10.0 Å². The van der Waals surface area contributed by atoms with Crippen molar-refractivity contribution in [1.82, 2.24) is 0 Å².